The van der Waals surface area contributed by atoms with Crippen LogP contribution in [0.1, 0.15) is 34.6 Å². The molecule has 0 aliphatic heterocycles. The molecule has 0 unspecified atom stereocenters. The first-order chi connectivity index (χ1) is 8.94. The van der Waals surface area contributed by atoms with E-state index in [2.05, 4.69) is 32.9 Å². The van der Waals surface area contributed by atoms with Crippen LogP contribution < -0.4 is 9.92 Å². The zero-order valence-electron chi connectivity index (χ0n) is 12.7. The fourth-order valence-electron chi connectivity index (χ4n) is 1.78. The van der Waals surface area contributed by atoms with Crippen molar-refractivity contribution in [3.8, 4) is 5.75 Å². The van der Waals surface area contributed by atoms with E-state index in [9.17, 15) is 0 Å². The molecule has 19 heavy (non-hydrogen) atoms. The van der Waals surface area contributed by atoms with Crippen LogP contribution in [-0.2, 0) is 9.47 Å². The summed E-state index contributed by atoms with van der Waals surface area (Å²) in [5, 5.41) is 1.33. The van der Waals surface area contributed by atoms with Crippen molar-refractivity contribution in [1.29, 1.82) is 0 Å². The fraction of sp³-hybridized carbons (Fsp3) is 0.600. The van der Waals surface area contributed by atoms with Gasteiger partial charge in [0.05, 0.1) is 0 Å². The fourth-order valence-corrected chi connectivity index (χ4v) is 3.38. The van der Waals surface area contributed by atoms with Gasteiger partial charge in [0.1, 0.15) is 26.8 Å². The summed E-state index contributed by atoms with van der Waals surface area (Å²) in [5.41, 5.74) is -0.155. The van der Waals surface area contributed by atoms with E-state index in [1.165, 1.54) is 5.19 Å². The summed E-state index contributed by atoms with van der Waals surface area (Å²) >= 11 is 0. The Morgan fingerprint density at radius 1 is 1.00 bits per heavy atom. The van der Waals surface area contributed by atoms with Gasteiger partial charge >= 0.3 is 0 Å². The molecule has 1 rings (SSSR count). The molecule has 0 aromatic heterocycles. The quantitative estimate of drug-likeness (QED) is 0.566. The Balaban J connectivity index is 2.60. The summed E-state index contributed by atoms with van der Waals surface area (Å²) in [5.74, 6) is 0.888. The van der Waals surface area contributed by atoms with Gasteiger partial charge in [-0.25, -0.2) is 0 Å². The number of benzene rings is 1. The molecule has 1 aromatic rings. The summed E-state index contributed by atoms with van der Waals surface area (Å²) in [7, 11) is -0.577. The Hall–Kier alpha value is -0.843. The lowest BCUT2D eigenvalue weighted by atomic mass is 10.2. The third-order valence-electron chi connectivity index (χ3n) is 2.45. The van der Waals surface area contributed by atoms with Crippen molar-refractivity contribution in [2.45, 2.75) is 46.1 Å². The molecule has 0 fully saturated rings. The minimum atomic E-state index is -0.577. The predicted molar refractivity (Wildman–Crippen MR) is 82.0 cm³/mol. The van der Waals surface area contributed by atoms with Gasteiger partial charge in [0.2, 0.25) is 0 Å². The Morgan fingerprint density at radius 2 is 1.53 bits per heavy atom. The lowest BCUT2D eigenvalue weighted by Crippen LogP contribution is -2.33. The van der Waals surface area contributed by atoms with E-state index in [4.69, 9.17) is 14.2 Å². The number of ether oxygens (including phenoxy) is 3. The normalized spacial score (nSPS) is 12.5. The summed E-state index contributed by atoms with van der Waals surface area (Å²) in [6.07, 6.45) is 0. The van der Waals surface area contributed by atoms with Gasteiger partial charge in [-0.2, -0.15) is 0 Å². The minimum Gasteiger partial charge on any atom is -0.488 e. The molecule has 0 heterocycles. The van der Waals surface area contributed by atoms with E-state index in [-0.39, 0.29) is 11.5 Å². The summed E-state index contributed by atoms with van der Waals surface area (Å²) < 4.78 is 17.0. The molecule has 4 heteroatoms. The Kier molecular flexibility index (Phi) is 6.55. The summed E-state index contributed by atoms with van der Waals surface area (Å²) in [6, 6.07) is 8.31. The van der Waals surface area contributed by atoms with Gasteiger partial charge in [-0.1, -0.05) is 17.3 Å². The zero-order chi connectivity index (χ0) is 14.3. The lowest BCUT2D eigenvalue weighted by molar-refractivity contribution is -0.0817. The largest absolute Gasteiger partial charge is 0.488 e. The molecule has 1 aromatic carbocycles. The molecule has 0 atom stereocenters. The minimum absolute atomic E-state index is 0.0237. The van der Waals surface area contributed by atoms with Crippen LogP contribution in [0.15, 0.2) is 24.3 Å². The Bertz CT molecular complexity index is 351. The molecule has 0 bridgehead atoms. The third kappa shape index (κ3) is 6.75. The van der Waals surface area contributed by atoms with E-state index in [1.807, 2.05) is 26.0 Å². The van der Waals surface area contributed by atoms with Gasteiger partial charge < -0.3 is 14.2 Å². The number of hydrogen-bond donors (Lipinski definition) is 0. The van der Waals surface area contributed by atoms with Crippen molar-refractivity contribution in [3.05, 3.63) is 24.3 Å². The highest BCUT2D eigenvalue weighted by molar-refractivity contribution is 6.54. The van der Waals surface area contributed by atoms with E-state index >= 15 is 0 Å². The highest BCUT2D eigenvalue weighted by Crippen LogP contribution is 2.16. The van der Waals surface area contributed by atoms with Crippen molar-refractivity contribution in [3.63, 3.8) is 0 Å². The average molecular weight is 282 g/mol. The van der Waals surface area contributed by atoms with Gasteiger partial charge in [0.25, 0.3) is 0 Å². The third-order valence-corrected chi connectivity index (χ3v) is 4.20. The van der Waals surface area contributed by atoms with Crippen LogP contribution >= 0.6 is 0 Å². The van der Waals surface area contributed by atoms with Gasteiger partial charge in [0.15, 0.2) is 0 Å². The van der Waals surface area contributed by atoms with Crippen molar-refractivity contribution >= 4 is 14.7 Å². The lowest BCUT2D eigenvalue weighted by Gasteiger charge is -2.21. The topological polar surface area (TPSA) is 27.7 Å². The van der Waals surface area contributed by atoms with Gasteiger partial charge in [-0.3, -0.25) is 0 Å². The van der Waals surface area contributed by atoms with Crippen LogP contribution in [0.25, 0.3) is 0 Å². The molecular weight excluding hydrogens is 256 g/mol. The monoisotopic (exact) mass is 282 g/mol. The van der Waals surface area contributed by atoms with Crippen molar-refractivity contribution in [2.75, 3.05) is 13.2 Å². The average Bonchev–Trinajstić information content (AvgIpc) is 2.30. The molecule has 0 N–H and O–H groups in total. The Labute approximate surface area is 119 Å². The number of rotatable bonds is 7. The second-order valence-electron chi connectivity index (χ2n) is 5.40. The first-order valence-corrected chi connectivity index (χ1v) is 8.48. The molecule has 108 valence electrons. The molecule has 0 saturated heterocycles. The smallest absolute Gasteiger partial charge is 0.139 e. The van der Waals surface area contributed by atoms with Crippen molar-refractivity contribution < 1.29 is 14.2 Å². The summed E-state index contributed by atoms with van der Waals surface area (Å²) in [4.78, 5) is 0. The summed E-state index contributed by atoms with van der Waals surface area (Å²) in [6.45, 7) is 11.6. The predicted octanol–water partition coefficient (Wildman–Crippen LogP) is 2.01. The molecule has 0 spiro atoms. The first kappa shape index (κ1) is 16.2. The highest BCUT2D eigenvalue weighted by Gasteiger charge is 2.13. The zero-order valence-corrected chi connectivity index (χ0v) is 14.1. The van der Waals surface area contributed by atoms with Crippen LogP contribution in [0.3, 0.4) is 0 Å². The van der Waals surface area contributed by atoms with Crippen LogP contribution in [-0.4, -0.2) is 34.2 Å². The maximum absolute atomic E-state index is 5.81. The second kappa shape index (κ2) is 7.67. The highest BCUT2D eigenvalue weighted by atomic mass is 28.2. The molecule has 0 amide bonds. The second-order valence-corrected chi connectivity index (χ2v) is 7.29. The van der Waals surface area contributed by atoms with Crippen molar-refractivity contribution in [2.24, 2.45) is 0 Å². The maximum Gasteiger partial charge on any atom is 0.139 e. The van der Waals surface area contributed by atoms with Crippen molar-refractivity contribution in [1.82, 2.24) is 0 Å². The molecule has 0 radical (unpaired) electrons. The van der Waals surface area contributed by atoms with Crippen LogP contribution in [0.5, 0.6) is 5.75 Å². The van der Waals surface area contributed by atoms with E-state index in [0.717, 1.165) is 5.75 Å². The maximum atomic E-state index is 5.81. The van der Waals surface area contributed by atoms with Gasteiger partial charge in [0, 0.05) is 13.2 Å². The SMILES string of the molecule is CCOC(OCC)[SiH2]c1ccc(OC(C)(C)C)cc1. The van der Waals surface area contributed by atoms with Crippen LogP contribution in [0.4, 0.5) is 0 Å². The van der Waals surface area contributed by atoms with Gasteiger partial charge in [-0.15, -0.1) is 0 Å². The van der Waals surface area contributed by atoms with E-state index in [1.54, 1.807) is 0 Å². The van der Waals surface area contributed by atoms with Crippen LogP contribution in [0, 0.1) is 0 Å². The first-order valence-electron chi connectivity index (χ1n) is 6.95. The standard InChI is InChI=1S/C15H26O3Si/c1-6-16-14(17-7-2)19-13-10-8-12(9-11-13)18-15(3,4)5/h8-11,14H,6-7,19H2,1-5H3. The van der Waals surface area contributed by atoms with E-state index < -0.39 is 9.52 Å². The molecule has 0 saturated carbocycles. The van der Waals surface area contributed by atoms with Crippen LogP contribution in [0.2, 0.25) is 0 Å². The van der Waals surface area contributed by atoms with Gasteiger partial charge in [-0.05, 0) is 46.8 Å². The number of hydrogen-bond acceptors (Lipinski definition) is 3. The Morgan fingerprint density at radius 3 is 1.95 bits per heavy atom. The molecule has 0 aliphatic carbocycles. The molecule has 0 aliphatic rings. The molecule has 3 nitrogen and oxygen atoms in total. The molecular formula is C15H26O3Si. The van der Waals surface area contributed by atoms with E-state index in [0.29, 0.717) is 13.2 Å².